The Morgan fingerprint density at radius 2 is 0.704 bits per heavy atom. The highest BCUT2D eigenvalue weighted by atomic mass is 16.6. The number of unbranched alkanes of at least 4 members (excludes halogenated alkanes) is 26. The SMILES string of the molecule is CCCCCCCC(=O)O[C@@H](COC(=O)CCCCCCCCCCCCCCCCCCC(C)C)COC(=O)CCCCCCCCCCC(C)CC. The topological polar surface area (TPSA) is 78.9 Å². The quantitative estimate of drug-likeness (QED) is 0.0350. The summed E-state index contributed by atoms with van der Waals surface area (Å²) in [5, 5.41) is 0. The molecule has 0 rings (SSSR count). The zero-order valence-electron chi connectivity index (χ0n) is 36.8. The fourth-order valence-corrected chi connectivity index (χ4v) is 7.07. The Balaban J connectivity index is 4.08. The first-order valence-corrected chi connectivity index (χ1v) is 23.8. The molecule has 0 aliphatic rings. The van der Waals surface area contributed by atoms with Gasteiger partial charge in [0.05, 0.1) is 0 Å². The maximum Gasteiger partial charge on any atom is 0.306 e. The Morgan fingerprint density at radius 3 is 1.06 bits per heavy atom. The minimum Gasteiger partial charge on any atom is -0.462 e. The van der Waals surface area contributed by atoms with Gasteiger partial charge in [-0.25, -0.2) is 0 Å². The molecular weight excluding hydrogens is 673 g/mol. The summed E-state index contributed by atoms with van der Waals surface area (Å²) in [7, 11) is 0. The molecule has 0 aromatic carbocycles. The molecular formula is C48H92O6. The maximum absolute atomic E-state index is 12.5. The van der Waals surface area contributed by atoms with Gasteiger partial charge in [0.2, 0.25) is 0 Å². The van der Waals surface area contributed by atoms with Crippen molar-refractivity contribution >= 4 is 17.9 Å². The molecule has 6 nitrogen and oxygen atoms in total. The molecule has 0 aromatic rings. The van der Waals surface area contributed by atoms with Crippen LogP contribution in [0, 0.1) is 11.8 Å². The summed E-state index contributed by atoms with van der Waals surface area (Å²) in [4.78, 5) is 37.5. The molecule has 0 saturated heterocycles. The van der Waals surface area contributed by atoms with Crippen LogP contribution in [0.5, 0.6) is 0 Å². The first-order valence-electron chi connectivity index (χ1n) is 23.8. The average molecular weight is 765 g/mol. The van der Waals surface area contributed by atoms with Crippen molar-refractivity contribution < 1.29 is 28.6 Å². The van der Waals surface area contributed by atoms with Crippen molar-refractivity contribution in [1.29, 1.82) is 0 Å². The van der Waals surface area contributed by atoms with Gasteiger partial charge in [-0.2, -0.15) is 0 Å². The molecule has 0 aromatic heterocycles. The highest BCUT2D eigenvalue weighted by molar-refractivity contribution is 5.71. The molecule has 0 saturated carbocycles. The van der Waals surface area contributed by atoms with Gasteiger partial charge in [-0.1, -0.05) is 221 Å². The first kappa shape index (κ1) is 52.4. The number of rotatable bonds is 42. The van der Waals surface area contributed by atoms with Crippen LogP contribution in [-0.4, -0.2) is 37.2 Å². The molecule has 0 fully saturated rings. The summed E-state index contributed by atoms with van der Waals surface area (Å²) in [5.74, 6) is 0.831. The lowest BCUT2D eigenvalue weighted by Gasteiger charge is -2.18. The van der Waals surface area contributed by atoms with Gasteiger partial charge in [0.25, 0.3) is 0 Å². The minimum atomic E-state index is -0.759. The average Bonchev–Trinajstić information content (AvgIpc) is 3.15. The predicted octanol–water partition coefficient (Wildman–Crippen LogP) is 15.0. The monoisotopic (exact) mass is 765 g/mol. The van der Waals surface area contributed by atoms with E-state index in [0.717, 1.165) is 76.0 Å². The van der Waals surface area contributed by atoms with Crippen LogP contribution in [0.1, 0.15) is 259 Å². The van der Waals surface area contributed by atoms with Gasteiger partial charge in [-0.05, 0) is 31.1 Å². The molecule has 0 spiro atoms. The van der Waals surface area contributed by atoms with Crippen LogP contribution in [0.15, 0.2) is 0 Å². The molecule has 0 N–H and O–H groups in total. The maximum atomic E-state index is 12.5. The second kappa shape index (κ2) is 41.1. The molecule has 0 heterocycles. The highest BCUT2D eigenvalue weighted by Crippen LogP contribution is 2.17. The Bertz CT molecular complexity index is 826. The number of hydrogen-bond donors (Lipinski definition) is 0. The molecule has 0 radical (unpaired) electrons. The van der Waals surface area contributed by atoms with Crippen molar-refractivity contribution in [1.82, 2.24) is 0 Å². The minimum absolute atomic E-state index is 0.0660. The van der Waals surface area contributed by atoms with Crippen molar-refractivity contribution in [3.8, 4) is 0 Å². The van der Waals surface area contributed by atoms with Crippen molar-refractivity contribution in [2.45, 2.75) is 265 Å². The number of hydrogen-bond acceptors (Lipinski definition) is 6. The fourth-order valence-electron chi connectivity index (χ4n) is 7.07. The molecule has 0 aliphatic heterocycles. The lowest BCUT2D eigenvalue weighted by Crippen LogP contribution is -2.30. The third kappa shape index (κ3) is 40.1. The molecule has 54 heavy (non-hydrogen) atoms. The zero-order chi connectivity index (χ0) is 39.7. The summed E-state index contributed by atoms with van der Waals surface area (Å²) in [6.07, 6.45) is 39.8. The molecule has 320 valence electrons. The zero-order valence-corrected chi connectivity index (χ0v) is 36.8. The van der Waals surface area contributed by atoms with Crippen LogP contribution in [-0.2, 0) is 28.6 Å². The standard InChI is InChI=1S/C48H92O6/c1-6-8-9-26-35-40-48(51)54-45(42-53-47(50)39-34-30-25-21-20-23-28-32-37-44(5)7-2)41-52-46(49)38-33-29-24-19-17-15-13-11-10-12-14-16-18-22-27-31-36-43(3)4/h43-45H,6-42H2,1-5H3/t44?,45-/m0/s1. The van der Waals surface area contributed by atoms with Crippen molar-refractivity contribution in [3.05, 3.63) is 0 Å². The summed E-state index contributed by atoms with van der Waals surface area (Å²) in [6, 6.07) is 0. The van der Waals surface area contributed by atoms with E-state index in [1.54, 1.807) is 0 Å². The van der Waals surface area contributed by atoms with Gasteiger partial charge in [0, 0.05) is 19.3 Å². The third-order valence-corrected chi connectivity index (χ3v) is 11.1. The molecule has 0 amide bonds. The second-order valence-electron chi connectivity index (χ2n) is 17.1. The van der Waals surface area contributed by atoms with E-state index >= 15 is 0 Å². The van der Waals surface area contributed by atoms with Gasteiger partial charge in [-0.15, -0.1) is 0 Å². The molecule has 0 bridgehead atoms. The molecule has 6 heteroatoms. The Labute approximate surface area is 336 Å². The van der Waals surface area contributed by atoms with Crippen LogP contribution >= 0.6 is 0 Å². The molecule has 0 aliphatic carbocycles. The largest absolute Gasteiger partial charge is 0.462 e. The smallest absolute Gasteiger partial charge is 0.306 e. The fraction of sp³-hybridized carbons (Fsp3) is 0.938. The summed E-state index contributed by atoms with van der Waals surface area (Å²) in [6.45, 7) is 11.3. The third-order valence-electron chi connectivity index (χ3n) is 11.1. The number of carbonyl (C=O) groups excluding carboxylic acids is 3. The summed E-state index contributed by atoms with van der Waals surface area (Å²) >= 11 is 0. The number of carbonyl (C=O) groups is 3. The molecule has 2 atom stereocenters. The van der Waals surface area contributed by atoms with E-state index in [2.05, 4.69) is 34.6 Å². The summed E-state index contributed by atoms with van der Waals surface area (Å²) in [5.41, 5.74) is 0. The van der Waals surface area contributed by atoms with Crippen LogP contribution < -0.4 is 0 Å². The van der Waals surface area contributed by atoms with E-state index < -0.39 is 6.10 Å². The Kier molecular flexibility index (Phi) is 39.8. The van der Waals surface area contributed by atoms with Gasteiger partial charge in [-0.3, -0.25) is 14.4 Å². The van der Waals surface area contributed by atoms with E-state index in [4.69, 9.17) is 14.2 Å². The predicted molar refractivity (Wildman–Crippen MR) is 229 cm³/mol. The van der Waals surface area contributed by atoms with Gasteiger partial charge in [0.15, 0.2) is 6.10 Å². The summed E-state index contributed by atoms with van der Waals surface area (Å²) < 4.78 is 16.6. The number of ether oxygens (including phenoxy) is 3. The normalized spacial score (nSPS) is 12.6. The lowest BCUT2D eigenvalue weighted by atomic mass is 9.99. The Hall–Kier alpha value is -1.59. The van der Waals surface area contributed by atoms with Crippen LogP contribution in [0.25, 0.3) is 0 Å². The van der Waals surface area contributed by atoms with E-state index in [1.807, 2.05) is 0 Å². The van der Waals surface area contributed by atoms with Crippen LogP contribution in [0.3, 0.4) is 0 Å². The van der Waals surface area contributed by atoms with E-state index in [0.29, 0.717) is 19.3 Å². The van der Waals surface area contributed by atoms with Gasteiger partial charge in [0.1, 0.15) is 13.2 Å². The number of esters is 3. The van der Waals surface area contributed by atoms with E-state index in [1.165, 1.54) is 141 Å². The lowest BCUT2D eigenvalue weighted by molar-refractivity contribution is -0.167. The van der Waals surface area contributed by atoms with Crippen molar-refractivity contribution in [2.24, 2.45) is 11.8 Å². The van der Waals surface area contributed by atoms with Crippen LogP contribution in [0.4, 0.5) is 0 Å². The van der Waals surface area contributed by atoms with Crippen molar-refractivity contribution in [2.75, 3.05) is 13.2 Å². The first-order chi connectivity index (χ1) is 26.3. The van der Waals surface area contributed by atoms with Gasteiger partial charge < -0.3 is 14.2 Å². The molecule has 1 unspecified atom stereocenters. The second-order valence-corrected chi connectivity index (χ2v) is 17.1. The van der Waals surface area contributed by atoms with Crippen molar-refractivity contribution in [3.63, 3.8) is 0 Å². The van der Waals surface area contributed by atoms with Crippen LogP contribution in [0.2, 0.25) is 0 Å². The van der Waals surface area contributed by atoms with E-state index in [9.17, 15) is 14.4 Å². The Morgan fingerprint density at radius 1 is 0.389 bits per heavy atom. The highest BCUT2D eigenvalue weighted by Gasteiger charge is 2.19. The van der Waals surface area contributed by atoms with E-state index in [-0.39, 0.29) is 31.1 Å². The van der Waals surface area contributed by atoms with Gasteiger partial charge >= 0.3 is 17.9 Å².